The number of benzene rings is 1. The summed E-state index contributed by atoms with van der Waals surface area (Å²) in [4.78, 5) is 48.0. The summed E-state index contributed by atoms with van der Waals surface area (Å²) >= 11 is 0. The first-order chi connectivity index (χ1) is 11.9. The van der Waals surface area contributed by atoms with Crippen LogP contribution in [0.3, 0.4) is 0 Å². The van der Waals surface area contributed by atoms with Gasteiger partial charge in [-0.3, -0.25) is 19.2 Å². The molecule has 1 aromatic carbocycles. The Labute approximate surface area is 145 Å². The van der Waals surface area contributed by atoms with Gasteiger partial charge in [-0.25, -0.2) is 0 Å². The van der Waals surface area contributed by atoms with Crippen LogP contribution in [-0.2, 0) is 23.9 Å². The topological polar surface area (TPSA) is 125 Å². The van der Waals surface area contributed by atoms with E-state index in [0.29, 0.717) is 0 Å². The van der Waals surface area contributed by atoms with Crippen molar-refractivity contribution < 1.29 is 28.7 Å². The van der Waals surface area contributed by atoms with Crippen molar-refractivity contribution in [2.75, 3.05) is 13.2 Å². The zero-order valence-electron chi connectivity index (χ0n) is 14.2. The van der Waals surface area contributed by atoms with Crippen molar-refractivity contribution in [3.8, 4) is 0 Å². The molecule has 8 heteroatoms. The summed E-state index contributed by atoms with van der Waals surface area (Å²) < 4.78 is 9.70. The van der Waals surface area contributed by atoms with Crippen LogP contribution in [-0.4, -0.2) is 43.0 Å². The highest BCUT2D eigenvalue weighted by Gasteiger charge is 2.37. The Balaban J connectivity index is 3.01. The number of hydrogen-bond acceptors (Lipinski definition) is 6. The molecule has 0 heterocycles. The summed E-state index contributed by atoms with van der Waals surface area (Å²) in [5.41, 5.74) is 5.62. The standard InChI is InChI=1S/C17H22N2O6/c1-3-24-13(20)10-12(17(23)25-4-2)14(15(18)21)19-16(22)11-8-6-5-7-9-11/h5-9,12,14H,3-4,10H2,1-2H3,(H2,18,21)(H,19,22)/t12-,14+/m1/s1. The zero-order valence-corrected chi connectivity index (χ0v) is 14.2. The van der Waals surface area contributed by atoms with Crippen LogP contribution in [0.25, 0.3) is 0 Å². The number of primary amides is 1. The molecule has 2 amide bonds. The van der Waals surface area contributed by atoms with E-state index in [0.717, 1.165) is 0 Å². The Morgan fingerprint density at radius 3 is 2.16 bits per heavy atom. The van der Waals surface area contributed by atoms with Crippen molar-refractivity contribution >= 4 is 23.8 Å². The minimum Gasteiger partial charge on any atom is -0.466 e. The molecular weight excluding hydrogens is 328 g/mol. The van der Waals surface area contributed by atoms with Gasteiger partial charge in [0.2, 0.25) is 5.91 Å². The number of rotatable bonds is 9. The van der Waals surface area contributed by atoms with Crippen LogP contribution in [0.15, 0.2) is 30.3 Å². The second kappa shape index (κ2) is 10.1. The average molecular weight is 350 g/mol. The van der Waals surface area contributed by atoms with Gasteiger partial charge in [-0.1, -0.05) is 18.2 Å². The molecule has 25 heavy (non-hydrogen) atoms. The second-order valence-corrected chi connectivity index (χ2v) is 5.09. The average Bonchev–Trinajstić information content (AvgIpc) is 2.58. The summed E-state index contributed by atoms with van der Waals surface area (Å²) in [6.45, 7) is 3.36. The van der Waals surface area contributed by atoms with Gasteiger partial charge in [0, 0.05) is 5.56 Å². The minimum absolute atomic E-state index is 0.0519. The molecule has 0 radical (unpaired) electrons. The minimum atomic E-state index is -1.41. The number of ether oxygens (including phenoxy) is 2. The van der Waals surface area contributed by atoms with Crippen molar-refractivity contribution in [2.45, 2.75) is 26.3 Å². The number of carbonyl (C=O) groups is 4. The van der Waals surface area contributed by atoms with Gasteiger partial charge in [-0.05, 0) is 26.0 Å². The molecule has 0 spiro atoms. The summed E-state index contributed by atoms with van der Waals surface area (Å²) in [7, 11) is 0. The van der Waals surface area contributed by atoms with Gasteiger partial charge in [-0.15, -0.1) is 0 Å². The van der Waals surface area contributed by atoms with Gasteiger partial charge >= 0.3 is 11.9 Å². The molecule has 0 aliphatic heterocycles. The van der Waals surface area contributed by atoms with Crippen molar-refractivity contribution in [1.29, 1.82) is 0 Å². The molecule has 0 aliphatic rings. The zero-order chi connectivity index (χ0) is 18.8. The van der Waals surface area contributed by atoms with E-state index in [1.54, 1.807) is 32.0 Å². The van der Waals surface area contributed by atoms with E-state index >= 15 is 0 Å². The number of hydrogen-bond donors (Lipinski definition) is 2. The van der Waals surface area contributed by atoms with Gasteiger partial charge in [0.15, 0.2) is 0 Å². The lowest BCUT2D eigenvalue weighted by molar-refractivity contribution is -0.156. The summed E-state index contributed by atoms with van der Waals surface area (Å²) in [5, 5.41) is 2.40. The number of nitrogens with two attached hydrogens (primary N) is 1. The first kappa shape index (κ1) is 20.1. The number of nitrogens with one attached hydrogen (secondary N) is 1. The fraction of sp³-hybridized carbons (Fsp3) is 0.412. The SMILES string of the molecule is CCOC(=O)C[C@@H](C(=O)OCC)[C@H](NC(=O)c1ccccc1)C(N)=O. The molecule has 8 nitrogen and oxygen atoms in total. The molecule has 0 saturated heterocycles. The maximum atomic E-state index is 12.3. The molecule has 0 saturated carbocycles. The molecule has 136 valence electrons. The molecule has 2 atom stereocenters. The molecular formula is C17H22N2O6. The van der Waals surface area contributed by atoms with Gasteiger partial charge in [-0.2, -0.15) is 0 Å². The van der Waals surface area contributed by atoms with Crippen molar-refractivity contribution in [2.24, 2.45) is 11.7 Å². The molecule has 1 rings (SSSR count). The summed E-state index contributed by atoms with van der Waals surface area (Å²) in [6.07, 6.45) is -0.435. The Kier molecular flexibility index (Phi) is 8.11. The quantitative estimate of drug-likeness (QED) is 0.621. The molecule has 0 aromatic heterocycles. The van der Waals surface area contributed by atoms with Crippen LogP contribution in [0.4, 0.5) is 0 Å². The molecule has 3 N–H and O–H groups in total. The van der Waals surface area contributed by atoms with Crippen LogP contribution in [0.1, 0.15) is 30.6 Å². The maximum Gasteiger partial charge on any atom is 0.312 e. The Hall–Kier alpha value is -2.90. The lowest BCUT2D eigenvalue weighted by Crippen LogP contribution is -2.52. The van der Waals surface area contributed by atoms with Gasteiger partial charge in [0.25, 0.3) is 5.91 Å². The predicted molar refractivity (Wildman–Crippen MR) is 88.3 cm³/mol. The third-order valence-corrected chi connectivity index (χ3v) is 3.31. The third-order valence-electron chi connectivity index (χ3n) is 3.31. The van der Waals surface area contributed by atoms with E-state index in [1.807, 2.05) is 0 Å². The highest BCUT2D eigenvalue weighted by atomic mass is 16.5. The smallest absolute Gasteiger partial charge is 0.312 e. The molecule has 0 fully saturated rings. The van der Waals surface area contributed by atoms with Crippen molar-refractivity contribution in [3.05, 3.63) is 35.9 Å². The predicted octanol–water partition coefficient (Wildman–Crippen LogP) is 0.403. The highest BCUT2D eigenvalue weighted by Crippen LogP contribution is 2.14. The summed E-state index contributed by atoms with van der Waals surface area (Å²) in [5.74, 6) is -4.33. The van der Waals surface area contributed by atoms with E-state index in [4.69, 9.17) is 15.2 Å². The lowest BCUT2D eigenvalue weighted by Gasteiger charge is -2.23. The van der Waals surface area contributed by atoms with E-state index in [9.17, 15) is 19.2 Å². The van der Waals surface area contributed by atoms with Crippen LogP contribution in [0.2, 0.25) is 0 Å². The third kappa shape index (κ3) is 6.25. The lowest BCUT2D eigenvalue weighted by atomic mass is 9.95. The Morgan fingerprint density at radius 1 is 1.04 bits per heavy atom. The maximum absolute atomic E-state index is 12.3. The van der Waals surface area contributed by atoms with E-state index in [2.05, 4.69) is 5.32 Å². The van der Waals surface area contributed by atoms with Crippen LogP contribution < -0.4 is 11.1 Å². The number of carbonyl (C=O) groups excluding carboxylic acids is 4. The Bertz CT molecular complexity index is 617. The van der Waals surface area contributed by atoms with E-state index in [-0.39, 0.29) is 18.8 Å². The molecule has 0 aliphatic carbocycles. The molecule has 0 unspecified atom stereocenters. The van der Waals surface area contributed by atoms with Gasteiger partial charge in [0.1, 0.15) is 6.04 Å². The number of esters is 2. The van der Waals surface area contributed by atoms with Crippen LogP contribution in [0, 0.1) is 5.92 Å². The largest absolute Gasteiger partial charge is 0.466 e. The number of amides is 2. The monoisotopic (exact) mass is 350 g/mol. The normalized spacial score (nSPS) is 12.6. The van der Waals surface area contributed by atoms with Gasteiger partial charge in [0.05, 0.1) is 25.6 Å². The van der Waals surface area contributed by atoms with Gasteiger partial charge < -0.3 is 20.5 Å². The molecule has 1 aromatic rings. The van der Waals surface area contributed by atoms with E-state index in [1.165, 1.54) is 12.1 Å². The first-order valence-electron chi connectivity index (χ1n) is 7.88. The summed E-state index contributed by atoms with van der Waals surface area (Å²) in [6, 6.07) is 6.70. The van der Waals surface area contributed by atoms with Crippen LogP contribution >= 0.6 is 0 Å². The Morgan fingerprint density at radius 2 is 1.64 bits per heavy atom. The second-order valence-electron chi connectivity index (χ2n) is 5.09. The highest BCUT2D eigenvalue weighted by molar-refractivity contribution is 5.99. The fourth-order valence-corrected chi connectivity index (χ4v) is 2.17. The first-order valence-corrected chi connectivity index (χ1v) is 7.88. The molecule has 0 bridgehead atoms. The fourth-order valence-electron chi connectivity index (χ4n) is 2.17. The van der Waals surface area contributed by atoms with Crippen molar-refractivity contribution in [1.82, 2.24) is 5.32 Å². The van der Waals surface area contributed by atoms with Crippen LogP contribution in [0.5, 0.6) is 0 Å². The van der Waals surface area contributed by atoms with Crippen molar-refractivity contribution in [3.63, 3.8) is 0 Å². The van der Waals surface area contributed by atoms with E-state index < -0.39 is 42.1 Å².